The summed E-state index contributed by atoms with van der Waals surface area (Å²) in [5, 5.41) is 11.5. The van der Waals surface area contributed by atoms with Crippen molar-refractivity contribution in [1.29, 1.82) is 0 Å². The van der Waals surface area contributed by atoms with Crippen LogP contribution in [0.2, 0.25) is 0 Å². The van der Waals surface area contributed by atoms with E-state index in [2.05, 4.69) is 5.32 Å². The normalized spacial score (nSPS) is 11.5. The van der Waals surface area contributed by atoms with E-state index in [4.69, 9.17) is 9.84 Å². The fourth-order valence-electron chi connectivity index (χ4n) is 0.670. The van der Waals surface area contributed by atoms with Gasteiger partial charge in [-0.1, -0.05) is 0 Å². The number of nitrogens with zero attached hydrogens (tertiary/aromatic N) is 1. The van der Waals surface area contributed by atoms with E-state index in [0.717, 1.165) is 12.2 Å². The van der Waals surface area contributed by atoms with Gasteiger partial charge in [-0.15, -0.1) is 0 Å². The Kier molecular flexibility index (Phi) is 6.51. The highest BCUT2D eigenvalue weighted by Gasteiger charge is 1.98. The van der Waals surface area contributed by atoms with Gasteiger partial charge in [-0.25, -0.2) is 0 Å². The van der Waals surface area contributed by atoms with Gasteiger partial charge < -0.3 is 20.1 Å². The highest BCUT2D eigenvalue weighted by Crippen LogP contribution is 1.96. The monoisotopic (exact) mass is 174 g/mol. The first-order chi connectivity index (χ1) is 5.72. The smallest absolute Gasteiger partial charge is 0.144 e. The zero-order valence-corrected chi connectivity index (χ0v) is 8.00. The molecule has 0 saturated carbocycles. The number of likely N-dealkylation sites (N-methyl/N-ethyl adjacent to an activating group) is 1. The summed E-state index contributed by atoms with van der Waals surface area (Å²) in [7, 11) is 3.87. The number of hydrogen-bond acceptors (Lipinski definition) is 4. The first-order valence-corrected chi connectivity index (χ1v) is 4.00. The van der Waals surface area contributed by atoms with Crippen molar-refractivity contribution < 1.29 is 9.84 Å². The van der Waals surface area contributed by atoms with E-state index < -0.39 is 0 Å². The molecule has 0 aromatic heterocycles. The fourth-order valence-corrected chi connectivity index (χ4v) is 0.670. The summed E-state index contributed by atoms with van der Waals surface area (Å²) in [6.45, 7) is 3.10. The standard InChI is InChI=1S/C8H18N2O2/c1-4-9-5-8(10(2)3)6-12-7-11/h5,9,11H,4,6-7H2,1-3H3/b8-5-. The molecule has 0 atom stereocenters. The Hall–Kier alpha value is -0.740. The first-order valence-electron chi connectivity index (χ1n) is 4.00. The third-order valence-electron chi connectivity index (χ3n) is 1.39. The van der Waals surface area contributed by atoms with Gasteiger partial charge in [0.15, 0.2) is 0 Å². The van der Waals surface area contributed by atoms with Gasteiger partial charge in [-0.05, 0) is 6.92 Å². The maximum Gasteiger partial charge on any atom is 0.144 e. The van der Waals surface area contributed by atoms with Crippen molar-refractivity contribution in [3.63, 3.8) is 0 Å². The van der Waals surface area contributed by atoms with E-state index in [-0.39, 0.29) is 6.79 Å². The summed E-state index contributed by atoms with van der Waals surface area (Å²) in [5.41, 5.74) is 1.01. The minimum Gasteiger partial charge on any atom is -0.390 e. The van der Waals surface area contributed by atoms with Crippen molar-refractivity contribution in [3.8, 4) is 0 Å². The molecular formula is C8H18N2O2. The van der Waals surface area contributed by atoms with Crippen molar-refractivity contribution in [3.05, 3.63) is 11.9 Å². The topological polar surface area (TPSA) is 44.7 Å². The molecule has 0 aromatic carbocycles. The van der Waals surface area contributed by atoms with Gasteiger partial charge in [0.05, 0.1) is 12.3 Å². The van der Waals surface area contributed by atoms with Gasteiger partial charge in [0.1, 0.15) is 6.79 Å². The van der Waals surface area contributed by atoms with Crippen molar-refractivity contribution in [2.45, 2.75) is 6.92 Å². The Labute approximate surface area is 73.8 Å². The molecule has 4 heteroatoms. The second-order valence-corrected chi connectivity index (χ2v) is 2.57. The Morgan fingerprint density at radius 3 is 2.67 bits per heavy atom. The SMILES string of the molecule is CCN/C=C(/COCO)N(C)C. The minimum atomic E-state index is -0.239. The lowest BCUT2D eigenvalue weighted by Gasteiger charge is -2.16. The summed E-state index contributed by atoms with van der Waals surface area (Å²) >= 11 is 0. The van der Waals surface area contributed by atoms with E-state index in [0.29, 0.717) is 6.61 Å². The Morgan fingerprint density at radius 1 is 1.58 bits per heavy atom. The summed E-state index contributed by atoms with van der Waals surface area (Å²) in [6, 6.07) is 0. The number of aliphatic hydroxyl groups is 1. The molecule has 4 nitrogen and oxygen atoms in total. The van der Waals surface area contributed by atoms with Gasteiger partial charge in [0, 0.05) is 26.8 Å². The van der Waals surface area contributed by atoms with E-state index >= 15 is 0 Å². The predicted molar refractivity (Wildman–Crippen MR) is 48.5 cm³/mol. The number of nitrogens with one attached hydrogen (secondary N) is 1. The van der Waals surface area contributed by atoms with Gasteiger partial charge in [-0.2, -0.15) is 0 Å². The Morgan fingerprint density at radius 2 is 2.25 bits per heavy atom. The van der Waals surface area contributed by atoms with Crippen LogP contribution in [0.5, 0.6) is 0 Å². The van der Waals surface area contributed by atoms with Gasteiger partial charge >= 0.3 is 0 Å². The highest BCUT2D eigenvalue weighted by atomic mass is 16.6. The third-order valence-corrected chi connectivity index (χ3v) is 1.39. The van der Waals surface area contributed by atoms with Crippen LogP contribution in [0, 0.1) is 0 Å². The molecule has 72 valence electrons. The lowest BCUT2D eigenvalue weighted by Crippen LogP contribution is -2.19. The molecule has 0 unspecified atom stereocenters. The summed E-state index contributed by atoms with van der Waals surface area (Å²) < 4.78 is 4.86. The number of ether oxygens (including phenoxy) is 1. The largest absolute Gasteiger partial charge is 0.390 e. The summed E-state index contributed by atoms with van der Waals surface area (Å²) in [5.74, 6) is 0. The quantitative estimate of drug-likeness (QED) is 0.555. The van der Waals surface area contributed by atoms with Gasteiger partial charge in [0.2, 0.25) is 0 Å². The van der Waals surface area contributed by atoms with Crippen molar-refractivity contribution >= 4 is 0 Å². The van der Waals surface area contributed by atoms with Crippen LogP contribution in [0.25, 0.3) is 0 Å². The van der Waals surface area contributed by atoms with Crippen molar-refractivity contribution in [2.75, 3.05) is 34.0 Å². The van der Waals surface area contributed by atoms with Crippen LogP contribution in [0.4, 0.5) is 0 Å². The molecule has 0 fully saturated rings. The minimum absolute atomic E-state index is 0.239. The maximum absolute atomic E-state index is 8.43. The molecule has 0 radical (unpaired) electrons. The van der Waals surface area contributed by atoms with E-state index in [1.54, 1.807) is 0 Å². The molecule has 0 spiro atoms. The van der Waals surface area contributed by atoms with Crippen LogP contribution in [0.3, 0.4) is 0 Å². The maximum atomic E-state index is 8.43. The first kappa shape index (κ1) is 11.3. The van der Waals surface area contributed by atoms with Crippen LogP contribution in [-0.4, -0.2) is 44.0 Å². The van der Waals surface area contributed by atoms with Crippen LogP contribution in [0.1, 0.15) is 6.92 Å². The second kappa shape index (κ2) is 6.94. The molecule has 12 heavy (non-hydrogen) atoms. The van der Waals surface area contributed by atoms with Crippen LogP contribution in [-0.2, 0) is 4.74 Å². The number of hydrogen-bond donors (Lipinski definition) is 2. The average Bonchev–Trinajstić information content (AvgIpc) is 2.04. The average molecular weight is 174 g/mol. The van der Waals surface area contributed by atoms with Gasteiger partial charge in [0.25, 0.3) is 0 Å². The molecular weight excluding hydrogens is 156 g/mol. The fraction of sp³-hybridized carbons (Fsp3) is 0.750. The van der Waals surface area contributed by atoms with E-state index in [1.165, 1.54) is 0 Å². The van der Waals surface area contributed by atoms with Crippen molar-refractivity contribution in [2.24, 2.45) is 0 Å². The van der Waals surface area contributed by atoms with E-state index in [9.17, 15) is 0 Å². The highest BCUT2D eigenvalue weighted by molar-refractivity contribution is 4.98. The zero-order chi connectivity index (χ0) is 9.40. The number of aliphatic hydroxyl groups excluding tert-OH is 1. The van der Waals surface area contributed by atoms with Crippen molar-refractivity contribution in [1.82, 2.24) is 10.2 Å². The molecule has 0 saturated heterocycles. The Bertz CT molecular complexity index is 135. The van der Waals surface area contributed by atoms with Crippen LogP contribution in [0.15, 0.2) is 11.9 Å². The summed E-state index contributed by atoms with van der Waals surface area (Å²) in [4.78, 5) is 1.94. The third kappa shape index (κ3) is 4.98. The summed E-state index contributed by atoms with van der Waals surface area (Å²) in [6.07, 6.45) is 1.88. The molecule has 2 N–H and O–H groups in total. The predicted octanol–water partition coefficient (Wildman–Crippen LogP) is -0.0347. The molecule has 0 heterocycles. The number of rotatable bonds is 6. The van der Waals surface area contributed by atoms with Gasteiger partial charge in [-0.3, -0.25) is 0 Å². The lowest BCUT2D eigenvalue weighted by atomic mass is 10.4. The Balaban J connectivity index is 3.85. The molecule has 0 aliphatic heterocycles. The molecule has 0 aromatic rings. The zero-order valence-electron chi connectivity index (χ0n) is 8.00. The van der Waals surface area contributed by atoms with Crippen LogP contribution < -0.4 is 5.32 Å². The van der Waals surface area contributed by atoms with Crippen LogP contribution >= 0.6 is 0 Å². The van der Waals surface area contributed by atoms with E-state index in [1.807, 2.05) is 32.1 Å². The lowest BCUT2D eigenvalue weighted by molar-refractivity contribution is 0.00454. The molecule has 0 aliphatic carbocycles. The molecule has 0 amide bonds. The molecule has 0 rings (SSSR count). The molecule has 0 bridgehead atoms. The molecule has 0 aliphatic rings. The second-order valence-electron chi connectivity index (χ2n) is 2.57.